The summed E-state index contributed by atoms with van der Waals surface area (Å²) in [5.41, 5.74) is 0. The zero-order chi connectivity index (χ0) is 13.4. The summed E-state index contributed by atoms with van der Waals surface area (Å²) < 4.78 is 5.18. The molecule has 0 saturated heterocycles. The summed E-state index contributed by atoms with van der Waals surface area (Å²) >= 11 is 0. The van der Waals surface area contributed by atoms with E-state index in [0.29, 0.717) is 18.7 Å². The summed E-state index contributed by atoms with van der Waals surface area (Å²) in [5.74, 6) is -0.248. The Morgan fingerprint density at radius 2 is 2.17 bits per heavy atom. The first-order valence-electron chi connectivity index (χ1n) is 6.15. The largest absolute Gasteiger partial charge is 0.481 e. The summed E-state index contributed by atoms with van der Waals surface area (Å²) in [6.07, 6.45) is 3.72. The predicted octanol–water partition coefficient (Wildman–Crippen LogP) is 2.27. The maximum absolute atomic E-state index is 11.9. The Labute approximate surface area is 106 Å². The van der Waals surface area contributed by atoms with E-state index in [2.05, 4.69) is 0 Å². The van der Waals surface area contributed by atoms with Crippen molar-refractivity contribution in [2.45, 2.75) is 39.2 Å². The first-order chi connectivity index (χ1) is 8.63. The SMILES string of the molecule is CCCCC(=O)N(CCC(=O)O)Cc1ccco1. The number of aliphatic carboxylic acids is 1. The number of carboxylic acid groups (broad SMARTS) is 1. The lowest BCUT2D eigenvalue weighted by atomic mass is 10.2. The Morgan fingerprint density at radius 3 is 2.72 bits per heavy atom. The highest BCUT2D eigenvalue weighted by Gasteiger charge is 2.15. The van der Waals surface area contributed by atoms with Gasteiger partial charge in [0.25, 0.3) is 0 Å². The van der Waals surface area contributed by atoms with Crippen LogP contribution in [-0.2, 0) is 16.1 Å². The first kappa shape index (κ1) is 14.3. The van der Waals surface area contributed by atoms with Gasteiger partial charge in [-0.3, -0.25) is 9.59 Å². The number of carboxylic acids is 1. The van der Waals surface area contributed by atoms with Gasteiger partial charge < -0.3 is 14.4 Å². The molecule has 0 saturated carbocycles. The van der Waals surface area contributed by atoms with E-state index in [1.165, 1.54) is 0 Å². The minimum atomic E-state index is -0.900. The van der Waals surface area contributed by atoms with E-state index in [-0.39, 0.29) is 18.9 Å². The van der Waals surface area contributed by atoms with Crippen LogP contribution in [0.5, 0.6) is 0 Å². The Balaban J connectivity index is 2.56. The zero-order valence-electron chi connectivity index (χ0n) is 10.6. The number of nitrogens with zero attached hydrogens (tertiary/aromatic N) is 1. The number of hydrogen-bond donors (Lipinski definition) is 1. The molecule has 0 atom stereocenters. The second-order valence-corrected chi connectivity index (χ2v) is 4.14. The van der Waals surface area contributed by atoms with Gasteiger partial charge in [0.15, 0.2) is 0 Å². The van der Waals surface area contributed by atoms with Crippen molar-refractivity contribution in [1.29, 1.82) is 0 Å². The highest BCUT2D eigenvalue weighted by atomic mass is 16.4. The van der Waals surface area contributed by atoms with Crippen LogP contribution < -0.4 is 0 Å². The van der Waals surface area contributed by atoms with Crippen molar-refractivity contribution in [3.05, 3.63) is 24.2 Å². The highest BCUT2D eigenvalue weighted by Crippen LogP contribution is 2.09. The lowest BCUT2D eigenvalue weighted by Gasteiger charge is -2.20. The maximum atomic E-state index is 11.9. The van der Waals surface area contributed by atoms with Crippen molar-refractivity contribution in [3.8, 4) is 0 Å². The molecule has 1 aromatic heterocycles. The fourth-order valence-corrected chi connectivity index (χ4v) is 1.60. The fraction of sp³-hybridized carbons (Fsp3) is 0.538. The van der Waals surface area contributed by atoms with Gasteiger partial charge in [-0.05, 0) is 18.6 Å². The fourth-order valence-electron chi connectivity index (χ4n) is 1.60. The molecule has 0 aliphatic heterocycles. The van der Waals surface area contributed by atoms with Gasteiger partial charge in [-0.25, -0.2) is 0 Å². The first-order valence-corrected chi connectivity index (χ1v) is 6.15. The van der Waals surface area contributed by atoms with E-state index in [1.807, 2.05) is 6.92 Å². The van der Waals surface area contributed by atoms with Crippen LogP contribution in [0.3, 0.4) is 0 Å². The van der Waals surface area contributed by atoms with E-state index in [1.54, 1.807) is 23.3 Å². The molecular formula is C13H19NO4. The van der Waals surface area contributed by atoms with Crippen LogP contribution in [0.4, 0.5) is 0 Å². The average Bonchev–Trinajstić information content (AvgIpc) is 2.84. The molecule has 1 amide bonds. The third-order valence-corrected chi connectivity index (χ3v) is 2.62. The number of amides is 1. The monoisotopic (exact) mass is 253 g/mol. The van der Waals surface area contributed by atoms with Gasteiger partial charge >= 0.3 is 5.97 Å². The third kappa shape index (κ3) is 5.03. The Morgan fingerprint density at radius 1 is 1.39 bits per heavy atom. The zero-order valence-corrected chi connectivity index (χ0v) is 10.6. The molecular weight excluding hydrogens is 234 g/mol. The van der Waals surface area contributed by atoms with Gasteiger partial charge in [0.2, 0.25) is 5.91 Å². The molecule has 1 heterocycles. The van der Waals surface area contributed by atoms with Gasteiger partial charge in [0.05, 0.1) is 19.2 Å². The van der Waals surface area contributed by atoms with Crippen molar-refractivity contribution in [1.82, 2.24) is 4.90 Å². The van der Waals surface area contributed by atoms with Crippen LogP contribution in [-0.4, -0.2) is 28.4 Å². The summed E-state index contributed by atoms with van der Waals surface area (Å²) in [6, 6.07) is 3.53. The number of unbranched alkanes of at least 4 members (excludes halogenated alkanes) is 1. The summed E-state index contributed by atoms with van der Waals surface area (Å²) in [4.78, 5) is 24.1. The van der Waals surface area contributed by atoms with Gasteiger partial charge in [0, 0.05) is 13.0 Å². The normalized spacial score (nSPS) is 10.3. The van der Waals surface area contributed by atoms with Crippen LogP contribution in [0.1, 0.15) is 38.4 Å². The molecule has 0 aliphatic rings. The minimum Gasteiger partial charge on any atom is -0.481 e. The summed E-state index contributed by atoms with van der Waals surface area (Å²) in [6.45, 7) is 2.57. The standard InChI is InChI=1S/C13H19NO4/c1-2-3-6-12(15)14(8-7-13(16)17)10-11-5-4-9-18-11/h4-5,9H,2-3,6-8,10H2,1H3,(H,16,17). The van der Waals surface area contributed by atoms with Gasteiger partial charge in [-0.15, -0.1) is 0 Å². The van der Waals surface area contributed by atoms with Crippen LogP contribution in [0, 0.1) is 0 Å². The molecule has 100 valence electrons. The van der Waals surface area contributed by atoms with Crippen molar-refractivity contribution in [2.24, 2.45) is 0 Å². The van der Waals surface area contributed by atoms with Gasteiger partial charge in [-0.2, -0.15) is 0 Å². The molecule has 5 nitrogen and oxygen atoms in total. The number of carbonyl (C=O) groups is 2. The molecule has 0 spiro atoms. The molecule has 0 radical (unpaired) electrons. The Hall–Kier alpha value is -1.78. The Bertz CT molecular complexity index is 372. The maximum Gasteiger partial charge on any atom is 0.305 e. The predicted molar refractivity (Wildman–Crippen MR) is 65.9 cm³/mol. The smallest absolute Gasteiger partial charge is 0.305 e. The summed E-state index contributed by atoms with van der Waals surface area (Å²) in [5, 5.41) is 8.68. The highest BCUT2D eigenvalue weighted by molar-refractivity contribution is 5.77. The molecule has 0 unspecified atom stereocenters. The topological polar surface area (TPSA) is 70.8 Å². The van der Waals surface area contributed by atoms with Crippen molar-refractivity contribution in [3.63, 3.8) is 0 Å². The lowest BCUT2D eigenvalue weighted by Crippen LogP contribution is -2.32. The quantitative estimate of drug-likeness (QED) is 0.771. The van der Waals surface area contributed by atoms with Crippen molar-refractivity contribution >= 4 is 11.9 Å². The molecule has 0 fully saturated rings. The van der Waals surface area contributed by atoms with E-state index in [9.17, 15) is 9.59 Å². The molecule has 0 bridgehead atoms. The second kappa shape index (κ2) is 7.53. The average molecular weight is 253 g/mol. The number of carbonyl (C=O) groups excluding carboxylic acids is 1. The Kier molecular flexibility index (Phi) is 5.97. The van der Waals surface area contributed by atoms with Gasteiger partial charge in [-0.1, -0.05) is 13.3 Å². The van der Waals surface area contributed by atoms with E-state index in [4.69, 9.17) is 9.52 Å². The second-order valence-electron chi connectivity index (χ2n) is 4.14. The van der Waals surface area contributed by atoms with Crippen LogP contribution in [0.25, 0.3) is 0 Å². The number of rotatable bonds is 8. The molecule has 1 N–H and O–H groups in total. The van der Waals surface area contributed by atoms with Crippen LogP contribution in [0.2, 0.25) is 0 Å². The lowest BCUT2D eigenvalue weighted by molar-refractivity contribution is -0.138. The summed E-state index contributed by atoms with van der Waals surface area (Å²) in [7, 11) is 0. The van der Waals surface area contributed by atoms with E-state index < -0.39 is 5.97 Å². The van der Waals surface area contributed by atoms with Crippen LogP contribution >= 0.6 is 0 Å². The third-order valence-electron chi connectivity index (χ3n) is 2.62. The molecule has 0 aromatic carbocycles. The molecule has 1 rings (SSSR count). The van der Waals surface area contributed by atoms with Crippen LogP contribution in [0.15, 0.2) is 22.8 Å². The van der Waals surface area contributed by atoms with Gasteiger partial charge in [0.1, 0.15) is 5.76 Å². The van der Waals surface area contributed by atoms with E-state index >= 15 is 0 Å². The number of furan rings is 1. The molecule has 0 aliphatic carbocycles. The molecule has 1 aromatic rings. The van der Waals surface area contributed by atoms with Crippen molar-refractivity contribution in [2.75, 3.05) is 6.54 Å². The van der Waals surface area contributed by atoms with E-state index in [0.717, 1.165) is 12.8 Å². The minimum absolute atomic E-state index is 0.0190. The molecule has 5 heteroatoms. The number of hydrogen-bond acceptors (Lipinski definition) is 3. The van der Waals surface area contributed by atoms with Crippen molar-refractivity contribution < 1.29 is 19.1 Å². The molecule has 18 heavy (non-hydrogen) atoms.